The minimum absolute atomic E-state index is 0.197. The first-order chi connectivity index (χ1) is 7.93. The molecular formula is C12H11F4S+. The normalized spacial score (nSPS) is 13.4. The van der Waals surface area contributed by atoms with E-state index >= 15 is 0 Å². The van der Waals surface area contributed by atoms with Crippen molar-refractivity contribution in [3.8, 4) is 0 Å². The van der Waals surface area contributed by atoms with Crippen molar-refractivity contribution < 1.29 is 17.6 Å². The van der Waals surface area contributed by atoms with Gasteiger partial charge in [-0.2, -0.15) is 0 Å². The lowest BCUT2D eigenvalue weighted by molar-refractivity contribution is -0.0867. The molecule has 0 N–H and O–H groups in total. The minimum atomic E-state index is -4.27. The van der Waals surface area contributed by atoms with Crippen LogP contribution in [0.3, 0.4) is 0 Å². The molecule has 0 bridgehead atoms. The summed E-state index contributed by atoms with van der Waals surface area (Å²) in [5.41, 5.74) is -4.27. The third kappa shape index (κ3) is 2.29. The highest BCUT2D eigenvalue weighted by Gasteiger charge is 2.47. The lowest BCUT2D eigenvalue weighted by Gasteiger charge is -1.98. The molecular weight excluding hydrogens is 252 g/mol. The van der Waals surface area contributed by atoms with E-state index in [1.54, 1.807) is 0 Å². The monoisotopic (exact) mass is 263 g/mol. The van der Waals surface area contributed by atoms with Crippen molar-refractivity contribution in [1.82, 2.24) is 0 Å². The van der Waals surface area contributed by atoms with Crippen LogP contribution in [0, 0.1) is 5.82 Å². The van der Waals surface area contributed by atoms with Crippen LogP contribution in [0.4, 0.5) is 17.6 Å². The maximum Gasteiger partial charge on any atom is 0.600 e. The van der Waals surface area contributed by atoms with Crippen LogP contribution < -0.4 is 0 Å². The molecule has 0 nitrogen and oxygen atoms in total. The van der Waals surface area contributed by atoms with E-state index in [2.05, 4.69) is 0 Å². The van der Waals surface area contributed by atoms with Gasteiger partial charge in [0.05, 0.1) is 10.5 Å². The summed E-state index contributed by atoms with van der Waals surface area (Å²) in [4.78, 5) is 0.362. The van der Waals surface area contributed by atoms with E-state index < -0.39 is 21.8 Å². The summed E-state index contributed by atoms with van der Waals surface area (Å²) in [5.74, 6) is -0.497. The third-order valence-electron chi connectivity index (χ3n) is 2.50. The standard InChI is InChI=1S/C12H11F4S/c1-2-3-10-7-8-6-9(13)4-5-11(8)17(10)12(14,15)16/h4-7H,2-3H2,1H3/q+1. The molecule has 5 heteroatoms. The molecule has 1 aromatic heterocycles. The Morgan fingerprint density at radius 3 is 2.47 bits per heavy atom. The Labute approximate surface area is 98.8 Å². The van der Waals surface area contributed by atoms with E-state index in [1.807, 2.05) is 6.92 Å². The fraction of sp³-hybridized carbons (Fsp3) is 0.333. The zero-order chi connectivity index (χ0) is 12.6. The Balaban J connectivity index is 2.71. The molecule has 2 rings (SSSR count). The largest absolute Gasteiger partial charge is 0.600 e. The number of halogens is 4. The molecule has 0 aliphatic heterocycles. The molecule has 1 heterocycles. The van der Waals surface area contributed by atoms with Crippen LogP contribution in [0.25, 0.3) is 10.1 Å². The average Bonchev–Trinajstić information content (AvgIpc) is 2.54. The zero-order valence-electron chi connectivity index (χ0n) is 9.14. The summed E-state index contributed by atoms with van der Waals surface area (Å²) in [6.45, 7) is 1.84. The van der Waals surface area contributed by atoms with Crippen LogP contribution in [0.15, 0.2) is 24.3 Å². The van der Waals surface area contributed by atoms with Crippen LogP contribution in [0.2, 0.25) is 0 Å². The first-order valence-corrected chi connectivity index (χ1v) is 6.47. The lowest BCUT2D eigenvalue weighted by atomic mass is 10.2. The van der Waals surface area contributed by atoms with Gasteiger partial charge in [-0.05, 0) is 18.6 Å². The smallest absolute Gasteiger partial charge is 0.207 e. The number of hydrogen-bond acceptors (Lipinski definition) is 0. The highest BCUT2D eigenvalue weighted by atomic mass is 32.2. The minimum Gasteiger partial charge on any atom is -0.207 e. The summed E-state index contributed by atoms with van der Waals surface area (Å²) >= 11 is 0. The van der Waals surface area contributed by atoms with E-state index in [-0.39, 0.29) is 4.70 Å². The summed E-state index contributed by atoms with van der Waals surface area (Å²) in [7, 11) is -1.87. The van der Waals surface area contributed by atoms with Crippen LogP contribution in [0.1, 0.15) is 18.2 Å². The molecule has 0 radical (unpaired) electrons. The van der Waals surface area contributed by atoms with E-state index in [9.17, 15) is 17.6 Å². The number of hydrogen-bond donors (Lipinski definition) is 0. The number of fused-ring (bicyclic) bond motifs is 1. The predicted octanol–water partition coefficient (Wildman–Crippen LogP) is 5.16. The van der Waals surface area contributed by atoms with Gasteiger partial charge in [-0.15, -0.1) is 13.2 Å². The molecule has 1 unspecified atom stereocenters. The number of alkyl halides is 3. The summed E-state index contributed by atoms with van der Waals surface area (Å²) in [6, 6.07) is 5.00. The fourth-order valence-electron chi connectivity index (χ4n) is 1.89. The average molecular weight is 263 g/mol. The Morgan fingerprint density at radius 2 is 1.88 bits per heavy atom. The second-order valence-corrected chi connectivity index (χ2v) is 5.83. The van der Waals surface area contributed by atoms with E-state index in [0.717, 1.165) is 6.07 Å². The Bertz CT molecular complexity index is 539. The number of rotatable bonds is 2. The topological polar surface area (TPSA) is 0 Å². The van der Waals surface area contributed by atoms with Crippen molar-refractivity contribution in [2.45, 2.75) is 25.3 Å². The molecule has 0 saturated carbocycles. The molecule has 0 fully saturated rings. The van der Waals surface area contributed by atoms with Crippen molar-refractivity contribution in [2.24, 2.45) is 0 Å². The summed E-state index contributed by atoms with van der Waals surface area (Å²) < 4.78 is 52.2. The first kappa shape index (κ1) is 12.4. The van der Waals surface area contributed by atoms with Gasteiger partial charge in [-0.25, -0.2) is 4.39 Å². The lowest BCUT2D eigenvalue weighted by Crippen LogP contribution is -1.98. The second kappa shape index (κ2) is 4.29. The van der Waals surface area contributed by atoms with Gasteiger partial charge in [0.25, 0.3) is 0 Å². The zero-order valence-corrected chi connectivity index (χ0v) is 9.96. The van der Waals surface area contributed by atoms with Crippen LogP contribution in [-0.4, -0.2) is 0 Å². The first-order valence-electron chi connectivity index (χ1n) is 5.24. The molecule has 0 saturated heterocycles. The van der Waals surface area contributed by atoms with Crippen molar-refractivity contribution in [3.05, 3.63) is 35.0 Å². The SMILES string of the molecule is CCCc1cc2cc(F)ccc2[s+]1C(F)(F)F. The summed E-state index contributed by atoms with van der Waals surface area (Å²) in [6.07, 6.45) is 1.06. The second-order valence-electron chi connectivity index (χ2n) is 3.79. The predicted molar refractivity (Wildman–Crippen MR) is 61.7 cm³/mol. The van der Waals surface area contributed by atoms with Crippen molar-refractivity contribution in [2.75, 3.05) is 0 Å². The van der Waals surface area contributed by atoms with Gasteiger partial charge in [0.2, 0.25) is 0 Å². The Kier molecular flexibility index (Phi) is 3.12. The maximum atomic E-state index is 13.0. The molecule has 92 valence electrons. The van der Waals surface area contributed by atoms with Crippen LogP contribution >= 0.6 is 10.5 Å². The van der Waals surface area contributed by atoms with Crippen LogP contribution in [0.5, 0.6) is 0 Å². The highest BCUT2D eigenvalue weighted by molar-refractivity contribution is 7.38. The van der Waals surface area contributed by atoms with Crippen LogP contribution in [-0.2, 0) is 11.9 Å². The van der Waals surface area contributed by atoms with Gasteiger partial charge >= 0.3 is 5.51 Å². The molecule has 0 aliphatic carbocycles. The van der Waals surface area contributed by atoms with Gasteiger partial charge in [-0.3, -0.25) is 0 Å². The molecule has 2 aromatic rings. The quantitative estimate of drug-likeness (QED) is 0.518. The third-order valence-corrected chi connectivity index (χ3v) is 4.62. The fourth-order valence-corrected chi connectivity index (χ4v) is 3.93. The van der Waals surface area contributed by atoms with Gasteiger partial charge in [0, 0.05) is 23.9 Å². The van der Waals surface area contributed by atoms with Crippen molar-refractivity contribution in [1.29, 1.82) is 0 Å². The van der Waals surface area contributed by atoms with Crippen molar-refractivity contribution >= 4 is 20.6 Å². The van der Waals surface area contributed by atoms with Crippen molar-refractivity contribution in [3.63, 3.8) is 0 Å². The van der Waals surface area contributed by atoms with Gasteiger partial charge in [0.15, 0.2) is 9.58 Å². The summed E-state index contributed by atoms with van der Waals surface area (Å²) in [5, 5.41) is 0.370. The highest BCUT2D eigenvalue weighted by Crippen LogP contribution is 2.51. The van der Waals surface area contributed by atoms with Gasteiger partial charge in [-0.1, -0.05) is 6.92 Å². The van der Waals surface area contributed by atoms with E-state index in [1.165, 1.54) is 18.2 Å². The molecule has 1 atom stereocenters. The van der Waals surface area contributed by atoms with Gasteiger partial charge < -0.3 is 0 Å². The van der Waals surface area contributed by atoms with E-state index in [4.69, 9.17) is 0 Å². The molecule has 0 amide bonds. The Morgan fingerprint density at radius 1 is 1.18 bits per heavy atom. The Hall–Kier alpha value is -1.10. The van der Waals surface area contributed by atoms with E-state index in [0.29, 0.717) is 23.1 Å². The molecule has 0 aliphatic rings. The number of thiophene rings is 1. The molecule has 1 aromatic carbocycles. The number of aryl methyl sites for hydroxylation is 1. The van der Waals surface area contributed by atoms with Gasteiger partial charge in [0.1, 0.15) is 5.82 Å². The molecule has 17 heavy (non-hydrogen) atoms. The number of benzene rings is 1. The molecule has 0 spiro atoms. The maximum absolute atomic E-state index is 13.0.